The van der Waals surface area contributed by atoms with Crippen LogP contribution in [0.5, 0.6) is 0 Å². The van der Waals surface area contributed by atoms with Crippen molar-refractivity contribution in [3.8, 4) is 0 Å². The normalized spacial score (nSPS) is 16.3. The number of rotatable bonds is 6. The third kappa shape index (κ3) is 4.79. The molecule has 4 heteroatoms. The summed E-state index contributed by atoms with van der Waals surface area (Å²) in [6, 6.07) is 8.71. The topological polar surface area (TPSA) is 26.8 Å². The molecule has 0 aliphatic carbocycles. The molecule has 1 amide bonds. The molecule has 1 aliphatic rings. The van der Waals surface area contributed by atoms with Gasteiger partial charge in [-0.3, -0.25) is 14.6 Å². The maximum absolute atomic E-state index is 12.6. The quantitative estimate of drug-likeness (QED) is 0.807. The number of piperazine rings is 1. The maximum atomic E-state index is 12.6. The van der Waals surface area contributed by atoms with Crippen molar-refractivity contribution in [2.24, 2.45) is 0 Å². The van der Waals surface area contributed by atoms with Crippen molar-refractivity contribution < 1.29 is 4.79 Å². The lowest BCUT2D eigenvalue weighted by molar-refractivity contribution is 0.0595. The summed E-state index contributed by atoms with van der Waals surface area (Å²) in [5, 5.41) is 0. The van der Waals surface area contributed by atoms with Crippen LogP contribution in [0, 0.1) is 0 Å². The minimum absolute atomic E-state index is 0.169. The lowest BCUT2D eigenvalue weighted by Gasteiger charge is -2.37. The number of carbonyl (C=O) groups is 1. The van der Waals surface area contributed by atoms with Crippen LogP contribution in [0.25, 0.3) is 0 Å². The van der Waals surface area contributed by atoms with Gasteiger partial charge in [-0.1, -0.05) is 26.0 Å². The van der Waals surface area contributed by atoms with Crippen molar-refractivity contribution >= 4 is 5.91 Å². The Balaban J connectivity index is 1.93. The first kappa shape index (κ1) is 18.0. The highest BCUT2D eigenvalue weighted by atomic mass is 16.2. The zero-order chi connectivity index (χ0) is 16.8. The summed E-state index contributed by atoms with van der Waals surface area (Å²) >= 11 is 0. The number of carbonyl (C=O) groups excluding carboxylic acids is 1. The number of hydrogen-bond acceptors (Lipinski definition) is 3. The Bertz CT molecular complexity index is 486. The largest absolute Gasteiger partial charge is 0.336 e. The molecule has 1 heterocycles. The molecule has 0 N–H and O–H groups in total. The zero-order valence-corrected chi connectivity index (χ0v) is 15.1. The fourth-order valence-corrected chi connectivity index (χ4v) is 3.08. The number of benzene rings is 1. The van der Waals surface area contributed by atoms with E-state index in [1.165, 1.54) is 5.56 Å². The molecule has 0 radical (unpaired) electrons. The minimum atomic E-state index is 0.169. The summed E-state index contributed by atoms with van der Waals surface area (Å²) in [5.41, 5.74) is 2.08. The lowest BCUT2D eigenvalue weighted by Crippen LogP contribution is -2.50. The Morgan fingerprint density at radius 1 is 1.04 bits per heavy atom. The van der Waals surface area contributed by atoms with E-state index in [0.29, 0.717) is 6.04 Å². The van der Waals surface area contributed by atoms with Gasteiger partial charge in [0.15, 0.2) is 0 Å². The lowest BCUT2D eigenvalue weighted by atomic mass is 10.1. The summed E-state index contributed by atoms with van der Waals surface area (Å²) in [4.78, 5) is 19.4. The molecule has 0 aromatic heterocycles. The van der Waals surface area contributed by atoms with E-state index in [0.717, 1.165) is 51.4 Å². The molecular weight excluding hydrogens is 286 g/mol. The third-order valence-electron chi connectivity index (χ3n) is 4.83. The predicted octanol–water partition coefficient (Wildman–Crippen LogP) is 2.69. The standard InChI is InChI=1S/C19H31N3O/c1-5-20(6-2)15-17-7-9-18(10-8-17)19(23)22-13-11-21(12-14-22)16(3)4/h7-10,16H,5-6,11-15H2,1-4H3. The highest BCUT2D eigenvalue weighted by Gasteiger charge is 2.23. The summed E-state index contributed by atoms with van der Waals surface area (Å²) in [6.07, 6.45) is 0. The second-order valence-corrected chi connectivity index (χ2v) is 6.58. The molecule has 1 aromatic carbocycles. The molecule has 2 rings (SSSR count). The second-order valence-electron chi connectivity index (χ2n) is 6.58. The summed E-state index contributed by atoms with van der Waals surface area (Å²) in [7, 11) is 0. The van der Waals surface area contributed by atoms with Crippen LogP contribution in [0.4, 0.5) is 0 Å². The van der Waals surface area contributed by atoms with E-state index in [2.05, 4.69) is 49.6 Å². The highest BCUT2D eigenvalue weighted by molar-refractivity contribution is 5.94. The summed E-state index contributed by atoms with van der Waals surface area (Å²) in [6.45, 7) is 15.5. The van der Waals surface area contributed by atoms with E-state index >= 15 is 0 Å². The molecule has 0 saturated carbocycles. The van der Waals surface area contributed by atoms with Gasteiger partial charge in [-0.05, 0) is 44.6 Å². The molecule has 128 valence electrons. The molecule has 1 fully saturated rings. The van der Waals surface area contributed by atoms with Crippen molar-refractivity contribution in [2.45, 2.75) is 40.3 Å². The molecular formula is C19H31N3O. The van der Waals surface area contributed by atoms with Crippen molar-refractivity contribution in [1.29, 1.82) is 0 Å². The van der Waals surface area contributed by atoms with E-state index in [-0.39, 0.29) is 5.91 Å². The maximum Gasteiger partial charge on any atom is 0.253 e. The molecule has 1 saturated heterocycles. The first-order chi connectivity index (χ1) is 11.0. The second kappa shape index (κ2) is 8.46. The van der Waals surface area contributed by atoms with Gasteiger partial charge in [-0.25, -0.2) is 0 Å². The smallest absolute Gasteiger partial charge is 0.253 e. The Morgan fingerprint density at radius 2 is 1.61 bits per heavy atom. The van der Waals surface area contributed by atoms with Gasteiger partial charge in [0.25, 0.3) is 5.91 Å². The molecule has 0 unspecified atom stereocenters. The van der Waals surface area contributed by atoms with Crippen molar-refractivity contribution in [1.82, 2.24) is 14.7 Å². The predicted molar refractivity (Wildman–Crippen MR) is 95.7 cm³/mol. The van der Waals surface area contributed by atoms with E-state index in [9.17, 15) is 4.79 Å². The minimum Gasteiger partial charge on any atom is -0.336 e. The van der Waals surface area contributed by atoms with Crippen molar-refractivity contribution in [2.75, 3.05) is 39.3 Å². The van der Waals surface area contributed by atoms with Crippen LogP contribution >= 0.6 is 0 Å². The van der Waals surface area contributed by atoms with Gasteiger partial charge in [-0.15, -0.1) is 0 Å². The van der Waals surface area contributed by atoms with Crippen LogP contribution < -0.4 is 0 Å². The van der Waals surface area contributed by atoms with Crippen LogP contribution in [-0.2, 0) is 6.54 Å². The Hall–Kier alpha value is -1.39. The molecule has 4 nitrogen and oxygen atoms in total. The van der Waals surface area contributed by atoms with Crippen molar-refractivity contribution in [3.05, 3.63) is 35.4 Å². The molecule has 1 aliphatic heterocycles. The molecule has 23 heavy (non-hydrogen) atoms. The SMILES string of the molecule is CCN(CC)Cc1ccc(C(=O)N2CCN(C(C)C)CC2)cc1. The number of hydrogen-bond donors (Lipinski definition) is 0. The van der Waals surface area contributed by atoms with E-state index < -0.39 is 0 Å². The number of amides is 1. The fraction of sp³-hybridized carbons (Fsp3) is 0.632. The van der Waals surface area contributed by atoms with Gasteiger partial charge >= 0.3 is 0 Å². The Labute approximate surface area is 141 Å². The molecule has 0 spiro atoms. The van der Waals surface area contributed by atoms with Gasteiger partial charge < -0.3 is 4.90 Å². The van der Waals surface area contributed by atoms with Crippen LogP contribution in [0.2, 0.25) is 0 Å². The first-order valence-corrected chi connectivity index (χ1v) is 8.89. The zero-order valence-electron chi connectivity index (χ0n) is 15.1. The highest BCUT2D eigenvalue weighted by Crippen LogP contribution is 2.13. The van der Waals surface area contributed by atoms with Gasteiger partial charge in [0.05, 0.1) is 0 Å². The van der Waals surface area contributed by atoms with Crippen LogP contribution in [0.3, 0.4) is 0 Å². The first-order valence-electron chi connectivity index (χ1n) is 8.89. The van der Waals surface area contributed by atoms with Crippen molar-refractivity contribution in [3.63, 3.8) is 0 Å². The summed E-state index contributed by atoms with van der Waals surface area (Å²) in [5.74, 6) is 0.169. The molecule has 0 atom stereocenters. The van der Waals surface area contributed by atoms with E-state index in [1.807, 2.05) is 17.0 Å². The van der Waals surface area contributed by atoms with Gasteiger partial charge in [0.2, 0.25) is 0 Å². The fourth-order valence-electron chi connectivity index (χ4n) is 3.08. The molecule has 0 bridgehead atoms. The Kier molecular flexibility index (Phi) is 6.60. The van der Waals surface area contributed by atoms with Crippen LogP contribution in [-0.4, -0.2) is 65.9 Å². The Morgan fingerprint density at radius 3 is 2.09 bits per heavy atom. The molecule has 1 aromatic rings. The third-order valence-corrected chi connectivity index (χ3v) is 4.83. The average molecular weight is 317 g/mol. The number of nitrogens with zero attached hydrogens (tertiary/aromatic N) is 3. The van der Waals surface area contributed by atoms with Crippen LogP contribution in [0.1, 0.15) is 43.6 Å². The summed E-state index contributed by atoms with van der Waals surface area (Å²) < 4.78 is 0. The van der Waals surface area contributed by atoms with Gasteiger partial charge in [0, 0.05) is 44.3 Å². The van der Waals surface area contributed by atoms with Crippen LogP contribution in [0.15, 0.2) is 24.3 Å². The van der Waals surface area contributed by atoms with Gasteiger partial charge in [0.1, 0.15) is 0 Å². The van der Waals surface area contributed by atoms with E-state index in [1.54, 1.807) is 0 Å². The van der Waals surface area contributed by atoms with E-state index in [4.69, 9.17) is 0 Å². The average Bonchev–Trinajstić information content (AvgIpc) is 2.59. The monoisotopic (exact) mass is 317 g/mol. The van der Waals surface area contributed by atoms with Gasteiger partial charge in [-0.2, -0.15) is 0 Å².